The number of rotatable bonds is 5. The molecule has 1 aromatic carbocycles. The molecule has 0 saturated carbocycles. The van der Waals surface area contributed by atoms with Crippen LogP contribution >= 0.6 is 0 Å². The molecule has 0 fully saturated rings. The number of carbonyl (C=O) groups excluding carboxylic acids is 1. The van der Waals surface area contributed by atoms with Gasteiger partial charge >= 0.3 is 0 Å². The lowest BCUT2D eigenvalue weighted by molar-refractivity contribution is -0.118. The van der Waals surface area contributed by atoms with E-state index in [1.807, 2.05) is 6.92 Å². The van der Waals surface area contributed by atoms with Crippen LogP contribution < -0.4 is 15.8 Å². The first-order chi connectivity index (χ1) is 9.19. The predicted octanol–water partition coefficient (Wildman–Crippen LogP) is 1.57. The van der Waals surface area contributed by atoms with Crippen LogP contribution in [0.4, 0.5) is 11.5 Å². The van der Waals surface area contributed by atoms with E-state index < -0.39 is 0 Å². The Balaban J connectivity index is 1.86. The Kier molecular flexibility index (Phi) is 4.02. The average Bonchev–Trinajstić information content (AvgIpc) is 2.85. The normalized spacial score (nSPS) is 10.2. The number of carbonyl (C=O) groups is 1. The standard InChI is InChI=1S/C13H16N4O2/c1-2-9-7-15-17-13(9)16-12(18)8-19-11-5-3-10(14)4-6-11/h3-7H,2,8,14H2,1H3,(H2,15,16,17,18). The summed E-state index contributed by atoms with van der Waals surface area (Å²) in [5.41, 5.74) is 7.17. The molecule has 1 aromatic heterocycles. The number of amides is 1. The molecule has 0 bridgehead atoms. The number of H-pyrrole nitrogens is 1. The van der Waals surface area contributed by atoms with E-state index in [0.29, 0.717) is 17.3 Å². The smallest absolute Gasteiger partial charge is 0.263 e. The van der Waals surface area contributed by atoms with Crippen molar-refractivity contribution in [3.63, 3.8) is 0 Å². The molecule has 1 heterocycles. The maximum atomic E-state index is 11.7. The number of hydrogen-bond donors (Lipinski definition) is 3. The third-order valence-electron chi connectivity index (χ3n) is 2.61. The van der Waals surface area contributed by atoms with Gasteiger partial charge in [-0.1, -0.05) is 6.92 Å². The lowest BCUT2D eigenvalue weighted by Crippen LogP contribution is -2.21. The zero-order chi connectivity index (χ0) is 13.7. The molecular formula is C13H16N4O2. The van der Waals surface area contributed by atoms with Gasteiger partial charge in [0.05, 0.1) is 6.20 Å². The van der Waals surface area contributed by atoms with E-state index in [1.54, 1.807) is 30.5 Å². The van der Waals surface area contributed by atoms with E-state index in [-0.39, 0.29) is 12.5 Å². The third kappa shape index (κ3) is 3.48. The van der Waals surface area contributed by atoms with Crippen LogP contribution in [0.15, 0.2) is 30.5 Å². The molecule has 2 aromatic rings. The number of nitrogen functional groups attached to an aromatic ring is 1. The maximum absolute atomic E-state index is 11.7. The summed E-state index contributed by atoms with van der Waals surface area (Å²) < 4.78 is 5.34. The van der Waals surface area contributed by atoms with E-state index in [0.717, 1.165) is 12.0 Å². The molecule has 0 radical (unpaired) electrons. The van der Waals surface area contributed by atoms with Gasteiger partial charge in [-0.25, -0.2) is 0 Å². The zero-order valence-corrected chi connectivity index (χ0v) is 10.6. The highest BCUT2D eigenvalue weighted by atomic mass is 16.5. The zero-order valence-electron chi connectivity index (χ0n) is 10.6. The van der Waals surface area contributed by atoms with Crippen LogP contribution in [0.3, 0.4) is 0 Å². The van der Waals surface area contributed by atoms with Gasteiger partial charge in [0.1, 0.15) is 11.6 Å². The molecule has 2 rings (SSSR count). The fraction of sp³-hybridized carbons (Fsp3) is 0.231. The Morgan fingerprint density at radius 2 is 2.16 bits per heavy atom. The van der Waals surface area contributed by atoms with E-state index in [2.05, 4.69) is 15.5 Å². The number of benzene rings is 1. The van der Waals surface area contributed by atoms with Crippen molar-refractivity contribution >= 4 is 17.4 Å². The topological polar surface area (TPSA) is 93.0 Å². The second-order valence-corrected chi connectivity index (χ2v) is 4.03. The Bertz CT molecular complexity index is 548. The first kappa shape index (κ1) is 12.9. The Hall–Kier alpha value is -2.50. The lowest BCUT2D eigenvalue weighted by atomic mass is 10.2. The van der Waals surface area contributed by atoms with Crippen molar-refractivity contribution in [1.82, 2.24) is 10.2 Å². The summed E-state index contributed by atoms with van der Waals surface area (Å²) in [6, 6.07) is 6.88. The SMILES string of the molecule is CCc1cn[nH]c1NC(=O)COc1ccc(N)cc1. The van der Waals surface area contributed by atoms with Crippen molar-refractivity contribution in [1.29, 1.82) is 0 Å². The summed E-state index contributed by atoms with van der Waals surface area (Å²) >= 11 is 0. The van der Waals surface area contributed by atoms with Gasteiger partial charge < -0.3 is 15.8 Å². The summed E-state index contributed by atoms with van der Waals surface area (Å²) in [5, 5.41) is 9.34. The number of hydrogen-bond acceptors (Lipinski definition) is 4. The number of nitrogens with one attached hydrogen (secondary N) is 2. The van der Waals surface area contributed by atoms with Crippen LogP contribution in [0.1, 0.15) is 12.5 Å². The number of aromatic nitrogens is 2. The summed E-state index contributed by atoms with van der Waals surface area (Å²) in [7, 11) is 0. The first-order valence-corrected chi connectivity index (χ1v) is 5.99. The van der Waals surface area contributed by atoms with Crippen molar-refractivity contribution in [3.8, 4) is 5.75 Å². The molecule has 100 valence electrons. The molecule has 0 atom stereocenters. The van der Waals surface area contributed by atoms with Crippen molar-refractivity contribution in [2.24, 2.45) is 0 Å². The predicted molar refractivity (Wildman–Crippen MR) is 72.9 cm³/mol. The summed E-state index contributed by atoms with van der Waals surface area (Å²) in [4.78, 5) is 11.7. The van der Waals surface area contributed by atoms with Crippen LogP contribution in [0.2, 0.25) is 0 Å². The van der Waals surface area contributed by atoms with Crippen molar-refractivity contribution in [2.45, 2.75) is 13.3 Å². The maximum Gasteiger partial charge on any atom is 0.263 e. The van der Waals surface area contributed by atoms with Gasteiger partial charge in [-0.2, -0.15) is 5.10 Å². The van der Waals surface area contributed by atoms with Gasteiger partial charge in [0, 0.05) is 11.3 Å². The minimum absolute atomic E-state index is 0.0634. The van der Waals surface area contributed by atoms with Gasteiger partial charge in [-0.15, -0.1) is 0 Å². The van der Waals surface area contributed by atoms with E-state index in [1.165, 1.54) is 0 Å². The number of ether oxygens (including phenoxy) is 1. The molecule has 0 saturated heterocycles. The van der Waals surface area contributed by atoms with Crippen LogP contribution in [0.5, 0.6) is 5.75 Å². The molecule has 0 unspecified atom stereocenters. The number of aromatic amines is 1. The van der Waals surface area contributed by atoms with Crippen LogP contribution in [0.25, 0.3) is 0 Å². The molecule has 0 aliphatic rings. The number of anilines is 2. The molecule has 6 heteroatoms. The summed E-state index contributed by atoms with van der Waals surface area (Å²) in [6.07, 6.45) is 2.49. The van der Waals surface area contributed by atoms with Crippen LogP contribution in [0, 0.1) is 0 Å². The highest BCUT2D eigenvalue weighted by Crippen LogP contribution is 2.14. The average molecular weight is 260 g/mol. The molecule has 6 nitrogen and oxygen atoms in total. The molecule has 19 heavy (non-hydrogen) atoms. The van der Waals surface area contributed by atoms with E-state index in [9.17, 15) is 4.79 Å². The van der Waals surface area contributed by atoms with Gasteiger partial charge in [0.25, 0.3) is 5.91 Å². The molecule has 1 amide bonds. The lowest BCUT2D eigenvalue weighted by Gasteiger charge is -2.07. The van der Waals surface area contributed by atoms with Gasteiger partial charge in [0.15, 0.2) is 6.61 Å². The van der Waals surface area contributed by atoms with Gasteiger partial charge in [-0.3, -0.25) is 9.89 Å². The minimum atomic E-state index is -0.240. The number of nitrogens with two attached hydrogens (primary N) is 1. The van der Waals surface area contributed by atoms with Crippen LogP contribution in [-0.2, 0) is 11.2 Å². The van der Waals surface area contributed by atoms with E-state index >= 15 is 0 Å². The van der Waals surface area contributed by atoms with Crippen LogP contribution in [-0.4, -0.2) is 22.7 Å². The second kappa shape index (κ2) is 5.90. The van der Waals surface area contributed by atoms with Crippen molar-refractivity contribution < 1.29 is 9.53 Å². The summed E-state index contributed by atoms with van der Waals surface area (Å²) in [5.74, 6) is 0.980. The molecule has 4 N–H and O–H groups in total. The molecular weight excluding hydrogens is 244 g/mol. The van der Waals surface area contributed by atoms with E-state index in [4.69, 9.17) is 10.5 Å². The Morgan fingerprint density at radius 1 is 1.42 bits per heavy atom. The summed E-state index contributed by atoms with van der Waals surface area (Å²) in [6.45, 7) is 1.93. The first-order valence-electron chi connectivity index (χ1n) is 5.99. The number of aryl methyl sites for hydroxylation is 1. The molecule has 0 aliphatic heterocycles. The second-order valence-electron chi connectivity index (χ2n) is 4.03. The highest BCUT2D eigenvalue weighted by molar-refractivity contribution is 5.91. The van der Waals surface area contributed by atoms with Crippen molar-refractivity contribution in [3.05, 3.63) is 36.0 Å². The fourth-order valence-electron chi connectivity index (χ4n) is 1.58. The highest BCUT2D eigenvalue weighted by Gasteiger charge is 2.08. The van der Waals surface area contributed by atoms with Gasteiger partial charge in [0.2, 0.25) is 0 Å². The van der Waals surface area contributed by atoms with Gasteiger partial charge in [-0.05, 0) is 30.7 Å². The Morgan fingerprint density at radius 3 is 2.84 bits per heavy atom. The molecule has 0 aliphatic carbocycles. The quantitative estimate of drug-likeness (QED) is 0.711. The Labute approximate surface area is 111 Å². The molecule has 0 spiro atoms. The monoisotopic (exact) mass is 260 g/mol. The fourth-order valence-corrected chi connectivity index (χ4v) is 1.58. The van der Waals surface area contributed by atoms with Crippen molar-refractivity contribution in [2.75, 3.05) is 17.7 Å². The largest absolute Gasteiger partial charge is 0.484 e. The number of nitrogens with zero attached hydrogens (tertiary/aromatic N) is 1. The minimum Gasteiger partial charge on any atom is -0.484 e. The third-order valence-corrected chi connectivity index (χ3v) is 2.61.